The van der Waals surface area contributed by atoms with Crippen molar-refractivity contribution < 1.29 is 5.21 Å². The number of H-pyrrole nitrogens is 1. The molecule has 0 atom stereocenters. The lowest BCUT2D eigenvalue weighted by Crippen LogP contribution is -2.15. The molecule has 1 aromatic heterocycles. The first kappa shape index (κ1) is 9.57. The monoisotopic (exact) mass is 177 g/mol. The van der Waals surface area contributed by atoms with Crippen LogP contribution >= 0.6 is 12.4 Å². The Labute approximate surface area is 68.7 Å². The molecule has 1 rings (SSSR count). The van der Waals surface area contributed by atoms with Gasteiger partial charge in [0, 0.05) is 0 Å². The molecule has 1 heterocycles. The van der Waals surface area contributed by atoms with Crippen molar-refractivity contribution in [2.45, 2.75) is 0 Å². The van der Waals surface area contributed by atoms with Gasteiger partial charge in [-0.2, -0.15) is 0 Å². The fourth-order valence-corrected chi connectivity index (χ4v) is 0.560. The number of aromatic amines is 1. The van der Waals surface area contributed by atoms with Gasteiger partial charge in [-0.1, -0.05) is 5.16 Å². The van der Waals surface area contributed by atoms with Gasteiger partial charge in [0.15, 0.2) is 11.7 Å². The van der Waals surface area contributed by atoms with E-state index in [1.54, 1.807) is 0 Å². The van der Waals surface area contributed by atoms with Gasteiger partial charge in [0.2, 0.25) is 0 Å². The van der Waals surface area contributed by atoms with E-state index in [4.69, 9.17) is 16.7 Å². The van der Waals surface area contributed by atoms with Gasteiger partial charge < -0.3 is 21.7 Å². The summed E-state index contributed by atoms with van der Waals surface area (Å²) in [5.74, 6) is 0.144. The van der Waals surface area contributed by atoms with Gasteiger partial charge in [0.25, 0.3) is 0 Å². The van der Waals surface area contributed by atoms with Crippen LogP contribution in [-0.2, 0) is 0 Å². The van der Waals surface area contributed by atoms with Crippen molar-refractivity contribution in [3.8, 4) is 0 Å². The van der Waals surface area contributed by atoms with Crippen LogP contribution in [0.1, 0.15) is 5.69 Å². The van der Waals surface area contributed by atoms with Crippen molar-refractivity contribution in [2.75, 3.05) is 5.73 Å². The van der Waals surface area contributed by atoms with Crippen LogP contribution in [0, 0.1) is 0 Å². The molecule has 0 radical (unpaired) electrons. The van der Waals surface area contributed by atoms with Crippen molar-refractivity contribution in [3.63, 3.8) is 0 Å². The molecule has 0 aromatic carbocycles. The number of anilines is 1. The number of amidine groups is 1. The van der Waals surface area contributed by atoms with Gasteiger partial charge in [-0.3, -0.25) is 0 Å². The minimum absolute atomic E-state index is 0. The van der Waals surface area contributed by atoms with Crippen LogP contribution in [-0.4, -0.2) is 21.0 Å². The maximum absolute atomic E-state index is 8.19. The Kier molecular flexibility index (Phi) is 3.19. The van der Waals surface area contributed by atoms with E-state index < -0.39 is 0 Å². The predicted octanol–water partition coefficient (Wildman–Crippen LogP) is -0.492. The number of oxime groups is 1. The number of nitrogens with two attached hydrogens (primary N) is 2. The summed E-state index contributed by atoms with van der Waals surface area (Å²) in [6, 6.07) is 0. The van der Waals surface area contributed by atoms with Crippen LogP contribution in [0.4, 0.5) is 5.82 Å². The number of hydrogen-bond donors (Lipinski definition) is 4. The third-order valence-corrected chi connectivity index (χ3v) is 1.03. The van der Waals surface area contributed by atoms with E-state index in [-0.39, 0.29) is 24.1 Å². The Bertz CT molecular complexity index is 257. The van der Waals surface area contributed by atoms with Crippen molar-refractivity contribution >= 4 is 24.1 Å². The molecule has 6 N–H and O–H groups in total. The fourth-order valence-electron chi connectivity index (χ4n) is 0.560. The van der Waals surface area contributed by atoms with Crippen molar-refractivity contribution in [2.24, 2.45) is 10.9 Å². The zero-order valence-electron chi connectivity index (χ0n) is 5.48. The third-order valence-electron chi connectivity index (χ3n) is 1.03. The van der Waals surface area contributed by atoms with Crippen molar-refractivity contribution in [1.29, 1.82) is 0 Å². The quantitative estimate of drug-likeness (QED) is 0.201. The number of nitrogens with one attached hydrogen (secondary N) is 1. The van der Waals surface area contributed by atoms with E-state index in [2.05, 4.69) is 15.1 Å². The van der Waals surface area contributed by atoms with Crippen LogP contribution < -0.4 is 11.5 Å². The lowest BCUT2D eigenvalue weighted by Gasteiger charge is -1.92. The Morgan fingerprint density at radius 1 is 1.73 bits per heavy atom. The molecule has 0 aliphatic rings. The van der Waals surface area contributed by atoms with E-state index in [1.807, 2.05) is 0 Å². The molecule has 0 amide bonds. The number of nitrogens with zero attached hydrogens (tertiary/aromatic N) is 2. The molecule has 0 fully saturated rings. The highest BCUT2D eigenvalue weighted by Gasteiger charge is 2.04. The maximum Gasteiger partial charge on any atom is 0.190 e. The lowest BCUT2D eigenvalue weighted by atomic mass is 10.4. The lowest BCUT2D eigenvalue weighted by molar-refractivity contribution is 0.318. The van der Waals surface area contributed by atoms with Crippen LogP contribution in [0.5, 0.6) is 0 Å². The SMILES string of the molecule is Cl.N/C(=N/O)c1[nH]cnc1N. The minimum Gasteiger partial charge on any atom is -0.409 e. The summed E-state index contributed by atoms with van der Waals surface area (Å²) >= 11 is 0. The average Bonchev–Trinajstić information content (AvgIpc) is 2.34. The molecule has 6 nitrogen and oxygen atoms in total. The highest BCUT2D eigenvalue weighted by molar-refractivity contribution is 5.98. The fraction of sp³-hybridized carbons (Fsp3) is 0. The second-order valence-electron chi connectivity index (χ2n) is 1.65. The second-order valence-corrected chi connectivity index (χ2v) is 1.65. The van der Waals surface area contributed by atoms with Gasteiger partial charge in [-0.15, -0.1) is 12.4 Å². The average molecular weight is 178 g/mol. The van der Waals surface area contributed by atoms with E-state index in [9.17, 15) is 0 Å². The standard InChI is InChI=1S/C4H7N5O.ClH/c5-3-2(4(6)9-10)7-1-8-3;/h1,10H,5H2,(H2,6,9)(H,7,8);1H. The van der Waals surface area contributed by atoms with Crippen molar-refractivity contribution in [3.05, 3.63) is 12.0 Å². The minimum atomic E-state index is -0.0741. The normalized spacial score (nSPS) is 10.7. The zero-order chi connectivity index (χ0) is 7.56. The Balaban J connectivity index is 0.000001000. The summed E-state index contributed by atoms with van der Waals surface area (Å²) in [5, 5.41) is 10.9. The van der Waals surface area contributed by atoms with E-state index in [0.717, 1.165) is 0 Å². The number of imidazole rings is 1. The largest absolute Gasteiger partial charge is 0.409 e. The zero-order valence-corrected chi connectivity index (χ0v) is 6.30. The maximum atomic E-state index is 8.19. The van der Waals surface area contributed by atoms with Gasteiger partial charge in [0.05, 0.1) is 6.33 Å². The van der Waals surface area contributed by atoms with Crippen LogP contribution in [0.3, 0.4) is 0 Å². The molecule has 11 heavy (non-hydrogen) atoms. The van der Waals surface area contributed by atoms with Gasteiger partial charge in [-0.25, -0.2) is 4.98 Å². The summed E-state index contributed by atoms with van der Waals surface area (Å²) in [7, 11) is 0. The number of rotatable bonds is 1. The molecular weight excluding hydrogens is 170 g/mol. The molecule has 0 saturated carbocycles. The predicted molar refractivity (Wildman–Crippen MR) is 42.8 cm³/mol. The molecule has 0 aliphatic carbocycles. The molecular formula is C4H8ClN5O. The van der Waals surface area contributed by atoms with Crippen LogP contribution in [0.25, 0.3) is 0 Å². The van der Waals surface area contributed by atoms with Gasteiger partial charge in [-0.05, 0) is 0 Å². The van der Waals surface area contributed by atoms with Crippen LogP contribution in [0.15, 0.2) is 11.5 Å². The number of hydrogen-bond acceptors (Lipinski definition) is 4. The first-order valence-electron chi connectivity index (χ1n) is 2.52. The van der Waals surface area contributed by atoms with Gasteiger partial charge >= 0.3 is 0 Å². The highest BCUT2D eigenvalue weighted by Crippen LogP contribution is 2.01. The summed E-state index contributed by atoms with van der Waals surface area (Å²) in [6.07, 6.45) is 1.36. The molecule has 0 unspecified atom stereocenters. The highest BCUT2D eigenvalue weighted by atomic mass is 35.5. The number of aromatic nitrogens is 2. The van der Waals surface area contributed by atoms with E-state index in [0.29, 0.717) is 5.69 Å². The van der Waals surface area contributed by atoms with E-state index in [1.165, 1.54) is 6.33 Å². The Morgan fingerprint density at radius 2 is 2.36 bits per heavy atom. The first-order chi connectivity index (χ1) is 4.75. The van der Waals surface area contributed by atoms with Gasteiger partial charge in [0.1, 0.15) is 5.69 Å². The Hall–Kier alpha value is -1.43. The summed E-state index contributed by atoms with van der Waals surface area (Å²) < 4.78 is 0. The summed E-state index contributed by atoms with van der Waals surface area (Å²) in [6.45, 7) is 0. The molecule has 0 bridgehead atoms. The third kappa shape index (κ3) is 1.74. The molecule has 62 valence electrons. The summed E-state index contributed by atoms with van der Waals surface area (Å²) in [4.78, 5) is 6.24. The summed E-state index contributed by atoms with van der Waals surface area (Å²) in [5.41, 5.74) is 10.8. The molecule has 0 aliphatic heterocycles. The van der Waals surface area contributed by atoms with Crippen LogP contribution in [0.2, 0.25) is 0 Å². The first-order valence-corrected chi connectivity index (χ1v) is 2.52. The second kappa shape index (κ2) is 3.67. The van der Waals surface area contributed by atoms with Crippen molar-refractivity contribution in [1.82, 2.24) is 9.97 Å². The molecule has 7 heteroatoms. The number of nitrogen functional groups attached to an aromatic ring is 1. The Morgan fingerprint density at radius 3 is 2.73 bits per heavy atom. The topological polar surface area (TPSA) is 113 Å². The number of halogens is 1. The molecule has 0 spiro atoms. The van der Waals surface area contributed by atoms with E-state index >= 15 is 0 Å². The smallest absolute Gasteiger partial charge is 0.190 e. The molecule has 0 saturated heterocycles. The molecule has 1 aromatic rings.